The molecule has 39 heavy (non-hydrogen) atoms. The van der Waals surface area contributed by atoms with E-state index in [1.807, 2.05) is 12.1 Å². The zero-order valence-electron chi connectivity index (χ0n) is 21.5. The molecular weight excluding hydrogens is 522 g/mol. The molecule has 2 aromatic carbocycles. The Bertz CT molecular complexity index is 1500. The second kappa shape index (κ2) is 11.7. The second-order valence-electron chi connectivity index (χ2n) is 8.40. The molecule has 12 heteroatoms. The van der Waals surface area contributed by atoms with Crippen LogP contribution in [-0.2, 0) is 11.3 Å². The number of benzene rings is 2. The molecule has 0 saturated heterocycles. The number of hydrogen-bond acceptors (Lipinski definition) is 9. The summed E-state index contributed by atoms with van der Waals surface area (Å²) in [5, 5.41) is 2.88. The number of ether oxygens (including phenoxy) is 2. The molecule has 0 spiro atoms. The smallest absolute Gasteiger partial charge is 0.273 e. The number of rotatable bonds is 10. The average molecular weight is 550 g/mol. The molecule has 1 atom stereocenters. The van der Waals surface area contributed by atoms with Gasteiger partial charge in [-0.2, -0.15) is 4.37 Å². The van der Waals surface area contributed by atoms with Gasteiger partial charge in [0.1, 0.15) is 27.9 Å². The van der Waals surface area contributed by atoms with Gasteiger partial charge in [0, 0.05) is 6.54 Å². The van der Waals surface area contributed by atoms with Crippen LogP contribution in [0.3, 0.4) is 0 Å². The zero-order valence-corrected chi connectivity index (χ0v) is 22.3. The molecule has 0 unspecified atom stereocenters. The molecule has 5 N–H and O–H groups in total. The van der Waals surface area contributed by atoms with E-state index in [0.29, 0.717) is 28.8 Å². The van der Waals surface area contributed by atoms with Crippen LogP contribution in [0.1, 0.15) is 43.3 Å². The van der Waals surface area contributed by atoms with Gasteiger partial charge in [0.05, 0.1) is 25.6 Å². The Hall–Kier alpha value is -4.84. The van der Waals surface area contributed by atoms with Gasteiger partial charge in [-0.1, -0.05) is 24.3 Å². The van der Waals surface area contributed by atoms with Gasteiger partial charge in [-0.3, -0.25) is 19.3 Å². The first-order valence-electron chi connectivity index (χ1n) is 11.7. The summed E-state index contributed by atoms with van der Waals surface area (Å²) in [7, 11) is 3.02. The minimum absolute atomic E-state index is 0.0639. The third-order valence-corrected chi connectivity index (χ3v) is 6.73. The van der Waals surface area contributed by atoms with E-state index in [0.717, 1.165) is 5.56 Å². The lowest BCUT2D eigenvalue weighted by molar-refractivity contribution is -0.123. The fourth-order valence-electron chi connectivity index (χ4n) is 3.94. The van der Waals surface area contributed by atoms with E-state index >= 15 is 0 Å². The molecule has 0 aliphatic carbocycles. The van der Waals surface area contributed by atoms with Crippen molar-refractivity contribution >= 4 is 40.6 Å². The van der Waals surface area contributed by atoms with E-state index in [-0.39, 0.29) is 34.3 Å². The highest BCUT2D eigenvalue weighted by Gasteiger charge is 2.39. The molecule has 0 fully saturated rings. The monoisotopic (exact) mass is 549 g/mol. The van der Waals surface area contributed by atoms with Gasteiger partial charge in [-0.05, 0) is 60.4 Å². The van der Waals surface area contributed by atoms with E-state index in [1.54, 1.807) is 62.6 Å². The minimum atomic E-state index is -1.28. The first kappa shape index (κ1) is 27.2. The van der Waals surface area contributed by atoms with Crippen LogP contribution in [0.15, 0.2) is 65.1 Å². The molecule has 2 heterocycles. The summed E-state index contributed by atoms with van der Waals surface area (Å²) in [5.41, 5.74) is 12.2. The first-order chi connectivity index (χ1) is 18.7. The zero-order chi connectivity index (χ0) is 28.1. The number of nitrogens with two attached hydrogens (primary N) is 2. The van der Waals surface area contributed by atoms with Crippen LogP contribution < -0.4 is 31.2 Å². The van der Waals surface area contributed by atoms with Crippen LogP contribution in [0.4, 0.5) is 11.4 Å². The van der Waals surface area contributed by atoms with Gasteiger partial charge < -0.3 is 30.7 Å². The lowest BCUT2D eigenvalue weighted by Crippen LogP contribution is -2.44. The van der Waals surface area contributed by atoms with Crippen molar-refractivity contribution < 1.29 is 28.3 Å². The lowest BCUT2D eigenvalue weighted by Gasteiger charge is -2.30. The number of para-hydroxylation sites is 2. The van der Waals surface area contributed by atoms with Gasteiger partial charge in [0.25, 0.3) is 17.7 Å². The van der Waals surface area contributed by atoms with Crippen molar-refractivity contribution in [3.8, 4) is 11.5 Å². The quantitative estimate of drug-likeness (QED) is 0.271. The van der Waals surface area contributed by atoms with Crippen LogP contribution in [0, 0.1) is 6.92 Å². The summed E-state index contributed by atoms with van der Waals surface area (Å²) < 4.78 is 20.5. The maximum atomic E-state index is 14.1. The van der Waals surface area contributed by atoms with E-state index in [9.17, 15) is 14.4 Å². The van der Waals surface area contributed by atoms with E-state index in [2.05, 4.69) is 9.69 Å². The van der Waals surface area contributed by atoms with Crippen LogP contribution in [-0.4, -0.2) is 36.3 Å². The Labute approximate surface area is 228 Å². The minimum Gasteiger partial charge on any atom is -0.497 e. The first-order valence-corrected chi connectivity index (χ1v) is 12.5. The topological polar surface area (TPSA) is 163 Å². The summed E-state index contributed by atoms with van der Waals surface area (Å²) >= 11 is 0.710. The molecule has 11 nitrogen and oxygen atoms in total. The van der Waals surface area contributed by atoms with Crippen molar-refractivity contribution in [3.63, 3.8) is 0 Å². The fourth-order valence-corrected chi connectivity index (χ4v) is 4.68. The highest BCUT2D eigenvalue weighted by Crippen LogP contribution is 2.38. The number of anilines is 2. The van der Waals surface area contributed by atoms with Crippen LogP contribution in [0.5, 0.6) is 11.5 Å². The van der Waals surface area contributed by atoms with Gasteiger partial charge >= 0.3 is 0 Å². The average Bonchev–Trinajstić information content (AvgIpc) is 3.55. The molecular formula is C27H27N5O6S. The standard InChI is InChI=1S/C27H27N5O6S/c1-15-8-13-20(38-15)23(26(34)30-14-16-9-11-17(36-2)12-10-16)32(18-6-4-5-7-19(18)37-3)27(35)24-21(28)22(25(29)33)31-39-24/h4-13,23H,14,28H2,1-3H3,(H2,29,33)(H,30,34)/t23-/m0/s1. The summed E-state index contributed by atoms with van der Waals surface area (Å²) in [6.45, 7) is 1.90. The van der Waals surface area contributed by atoms with Crippen molar-refractivity contribution in [3.05, 3.63) is 88.3 Å². The second-order valence-corrected chi connectivity index (χ2v) is 9.18. The SMILES string of the molecule is COc1ccc(CNC(=O)[C@H](c2ccc(C)o2)N(C(=O)c2snc(C(N)=O)c2N)c2ccccc2OC)cc1. The number of amides is 3. The number of nitrogens with one attached hydrogen (secondary N) is 1. The number of primary amides is 1. The normalized spacial score (nSPS) is 11.5. The Balaban J connectivity index is 1.80. The number of nitrogen functional groups attached to an aromatic ring is 1. The third kappa shape index (κ3) is 5.70. The van der Waals surface area contributed by atoms with Crippen molar-refractivity contribution in [2.75, 3.05) is 24.9 Å². The summed E-state index contributed by atoms with van der Waals surface area (Å²) in [6, 6.07) is 15.9. The van der Waals surface area contributed by atoms with Crippen molar-refractivity contribution in [1.82, 2.24) is 9.69 Å². The molecule has 4 rings (SSSR count). The molecule has 3 amide bonds. The Morgan fingerprint density at radius 3 is 2.36 bits per heavy atom. The highest BCUT2D eigenvalue weighted by atomic mass is 32.1. The van der Waals surface area contributed by atoms with Gasteiger partial charge in [0.2, 0.25) is 0 Å². The van der Waals surface area contributed by atoms with Crippen molar-refractivity contribution in [1.29, 1.82) is 0 Å². The summed E-state index contributed by atoms with van der Waals surface area (Å²) in [4.78, 5) is 40.9. The Morgan fingerprint density at radius 1 is 1.05 bits per heavy atom. The number of methoxy groups -OCH3 is 2. The van der Waals surface area contributed by atoms with E-state index in [4.69, 9.17) is 25.4 Å². The maximum absolute atomic E-state index is 14.1. The van der Waals surface area contributed by atoms with Gasteiger partial charge in [-0.15, -0.1) is 0 Å². The molecule has 0 saturated carbocycles. The molecule has 0 bridgehead atoms. The molecule has 202 valence electrons. The van der Waals surface area contributed by atoms with E-state index in [1.165, 1.54) is 12.0 Å². The number of carbonyl (C=O) groups excluding carboxylic acids is 3. The van der Waals surface area contributed by atoms with Gasteiger partial charge in [-0.25, -0.2) is 0 Å². The number of nitrogens with zero attached hydrogens (tertiary/aromatic N) is 2. The largest absolute Gasteiger partial charge is 0.497 e. The Morgan fingerprint density at radius 2 is 1.77 bits per heavy atom. The molecule has 0 aliphatic rings. The van der Waals surface area contributed by atoms with Gasteiger partial charge in [0.15, 0.2) is 11.7 Å². The van der Waals surface area contributed by atoms with Crippen LogP contribution >= 0.6 is 11.5 Å². The number of hydrogen-bond donors (Lipinski definition) is 3. The van der Waals surface area contributed by atoms with Crippen molar-refractivity contribution in [2.45, 2.75) is 19.5 Å². The Kier molecular flexibility index (Phi) is 8.15. The predicted octanol–water partition coefficient (Wildman–Crippen LogP) is 3.45. The predicted molar refractivity (Wildman–Crippen MR) is 146 cm³/mol. The number of aromatic nitrogens is 1. The van der Waals surface area contributed by atoms with Crippen molar-refractivity contribution in [2.24, 2.45) is 5.73 Å². The molecule has 2 aromatic heterocycles. The highest BCUT2D eigenvalue weighted by molar-refractivity contribution is 7.09. The third-order valence-electron chi connectivity index (χ3n) is 5.88. The summed E-state index contributed by atoms with van der Waals surface area (Å²) in [5.74, 6) is -0.351. The van der Waals surface area contributed by atoms with E-state index < -0.39 is 23.8 Å². The summed E-state index contributed by atoms with van der Waals surface area (Å²) in [6.07, 6.45) is 0. The van der Waals surface area contributed by atoms with Crippen LogP contribution in [0.2, 0.25) is 0 Å². The fraction of sp³-hybridized carbons (Fsp3) is 0.185. The molecule has 4 aromatic rings. The number of aryl methyl sites for hydroxylation is 1. The molecule has 0 radical (unpaired) electrons. The lowest BCUT2D eigenvalue weighted by atomic mass is 10.1. The number of carbonyl (C=O) groups is 3. The number of furan rings is 1. The van der Waals surface area contributed by atoms with Crippen LogP contribution in [0.25, 0.3) is 0 Å². The molecule has 0 aliphatic heterocycles. The maximum Gasteiger partial charge on any atom is 0.273 e.